The van der Waals surface area contributed by atoms with Crippen LogP contribution < -0.4 is 15.5 Å². The van der Waals surface area contributed by atoms with Gasteiger partial charge >= 0.3 is 0 Å². The first-order chi connectivity index (χ1) is 8.72. The van der Waals surface area contributed by atoms with Gasteiger partial charge in [-0.1, -0.05) is 12.1 Å². The fraction of sp³-hybridized carbons (Fsp3) is 0.300. The zero-order chi connectivity index (χ0) is 14.6. The smallest absolute Gasteiger partial charge is 0.196 e. The molecule has 0 bridgehead atoms. The summed E-state index contributed by atoms with van der Waals surface area (Å²) >= 11 is 0. The Morgan fingerprint density at radius 1 is 1.37 bits per heavy atom. The average Bonchev–Trinajstić information content (AvgIpc) is 2.34. The van der Waals surface area contributed by atoms with Gasteiger partial charge in [-0.05, 0) is 12.1 Å². The topological polar surface area (TPSA) is 156 Å². The lowest BCUT2D eigenvalue weighted by molar-refractivity contribution is -0.343. The molecule has 0 amide bonds. The van der Waals surface area contributed by atoms with Gasteiger partial charge in [0.25, 0.3) is 0 Å². The van der Waals surface area contributed by atoms with Gasteiger partial charge in [-0.2, -0.15) is 0 Å². The third-order valence-electron chi connectivity index (χ3n) is 2.26. The molecular weight excluding hydrogens is 277 g/mol. The Hall–Kier alpha value is -1.28. The number of phosphoric acid groups is 1. The first-order valence-corrected chi connectivity index (χ1v) is 6.60. The van der Waals surface area contributed by atoms with Crippen LogP contribution in [-0.2, 0) is 9.09 Å². The van der Waals surface area contributed by atoms with Crippen molar-refractivity contribution in [3.63, 3.8) is 0 Å². The van der Waals surface area contributed by atoms with Crippen LogP contribution in [0.4, 0.5) is 5.69 Å². The van der Waals surface area contributed by atoms with E-state index in [1.807, 2.05) is 0 Å². The molecule has 106 valence electrons. The zero-order valence-electron chi connectivity index (χ0n) is 9.63. The van der Waals surface area contributed by atoms with Gasteiger partial charge in [0.1, 0.15) is 12.2 Å². The second-order valence-electron chi connectivity index (χ2n) is 3.71. The Morgan fingerprint density at radius 3 is 2.47 bits per heavy atom. The summed E-state index contributed by atoms with van der Waals surface area (Å²) in [4.78, 5) is 32.2. The summed E-state index contributed by atoms with van der Waals surface area (Å²) in [6.07, 6.45) is -3.81. The summed E-state index contributed by atoms with van der Waals surface area (Å²) in [6.45, 7) is -1.01. The summed E-state index contributed by atoms with van der Waals surface area (Å²) in [7, 11) is -5.28. The van der Waals surface area contributed by atoms with Crippen molar-refractivity contribution in [1.29, 1.82) is 0 Å². The van der Waals surface area contributed by atoms with Crippen LogP contribution >= 0.6 is 7.82 Å². The maximum atomic E-state index is 11.8. The van der Waals surface area contributed by atoms with Crippen molar-refractivity contribution in [2.24, 2.45) is 0 Å². The molecule has 2 atom stereocenters. The molecule has 0 saturated heterocycles. The van der Waals surface area contributed by atoms with Crippen LogP contribution in [0.25, 0.3) is 0 Å². The highest BCUT2D eigenvalue weighted by atomic mass is 31.2. The van der Waals surface area contributed by atoms with E-state index in [1.165, 1.54) is 18.2 Å². The largest absolute Gasteiger partial charge is 0.790 e. The molecular formula is C10H12NO7P-2. The van der Waals surface area contributed by atoms with Crippen LogP contribution in [0.5, 0.6) is 0 Å². The molecule has 4 N–H and O–H groups in total. The maximum Gasteiger partial charge on any atom is 0.196 e. The molecule has 1 aromatic rings. The summed E-state index contributed by atoms with van der Waals surface area (Å²) < 4.78 is 14.0. The van der Waals surface area contributed by atoms with Crippen molar-refractivity contribution in [1.82, 2.24) is 0 Å². The monoisotopic (exact) mass is 289 g/mol. The van der Waals surface area contributed by atoms with E-state index in [9.17, 15) is 29.4 Å². The number of hydrogen-bond acceptors (Lipinski definition) is 8. The SMILES string of the molecule is Nc1ccccc1C(=O)C(O)C(O)COP(=O)([O-])[O-]. The molecule has 1 rings (SSSR count). The highest BCUT2D eigenvalue weighted by Gasteiger charge is 2.26. The maximum absolute atomic E-state index is 11.8. The van der Waals surface area contributed by atoms with Crippen LogP contribution in [0.3, 0.4) is 0 Å². The predicted molar refractivity (Wildman–Crippen MR) is 60.8 cm³/mol. The Labute approximate surface area is 108 Å². The highest BCUT2D eigenvalue weighted by molar-refractivity contribution is 7.43. The summed E-state index contributed by atoms with van der Waals surface area (Å²) in [5.41, 5.74) is 5.58. The second kappa shape index (κ2) is 6.25. The lowest BCUT2D eigenvalue weighted by Gasteiger charge is -2.30. The van der Waals surface area contributed by atoms with Gasteiger partial charge in [-0.25, -0.2) is 0 Å². The number of nitrogen functional groups attached to an aromatic ring is 1. The average molecular weight is 289 g/mol. The molecule has 8 nitrogen and oxygen atoms in total. The number of Topliss-reactive ketones (excluding diaryl/α,β-unsaturated/α-hetero) is 1. The van der Waals surface area contributed by atoms with E-state index in [1.54, 1.807) is 6.07 Å². The second-order valence-corrected chi connectivity index (χ2v) is 4.86. The quantitative estimate of drug-likeness (QED) is 0.309. The van der Waals surface area contributed by atoms with Crippen molar-refractivity contribution in [3.05, 3.63) is 29.8 Å². The number of aliphatic hydroxyl groups is 2. The minimum absolute atomic E-state index is 0.0264. The Kier molecular flexibility index (Phi) is 5.19. The number of para-hydroxylation sites is 1. The van der Waals surface area contributed by atoms with E-state index in [2.05, 4.69) is 4.52 Å². The van der Waals surface area contributed by atoms with Gasteiger partial charge < -0.3 is 34.8 Å². The molecule has 0 heterocycles. The molecule has 0 aliphatic heterocycles. The molecule has 9 heteroatoms. The van der Waals surface area contributed by atoms with Gasteiger partial charge in [0.05, 0.1) is 14.4 Å². The van der Waals surface area contributed by atoms with Gasteiger partial charge in [0.2, 0.25) is 0 Å². The first-order valence-electron chi connectivity index (χ1n) is 5.14. The standard InChI is InChI=1S/C10H14NO7P/c11-7-4-2-1-3-6(7)9(13)10(14)8(12)5-18-19(15,16)17/h1-4,8,10,12,14H,5,11H2,(H2,15,16,17)/p-2. The van der Waals surface area contributed by atoms with Gasteiger partial charge in [0.15, 0.2) is 5.78 Å². The molecule has 0 fully saturated rings. The predicted octanol–water partition coefficient (Wildman–Crippen LogP) is -1.98. The van der Waals surface area contributed by atoms with Crippen LogP contribution in [0.2, 0.25) is 0 Å². The number of hydrogen-bond donors (Lipinski definition) is 3. The normalized spacial score (nSPS) is 14.9. The van der Waals surface area contributed by atoms with Gasteiger partial charge in [0, 0.05) is 11.3 Å². The minimum Gasteiger partial charge on any atom is -0.790 e. The van der Waals surface area contributed by atoms with Crippen LogP contribution in [0.1, 0.15) is 10.4 Å². The van der Waals surface area contributed by atoms with Crippen LogP contribution in [0, 0.1) is 0 Å². The summed E-state index contributed by atoms with van der Waals surface area (Å²) in [5, 5.41) is 18.9. The number of carbonyl (C=O) groups excluding carboxylic acids is 1. The number of anilines is 1. The number of phosphoric ester groups is 1. The molecule has 0 aliphatic rings. The van der Waals surface area contributed by atoms with Gasteiger partial charge in [-0.15, -0.1) is 0 Å². The number of carbonyl (C=O) groups is 1. The first kappa shape index (κ1) is 15.8. The number of ketones is 1. The third-order valence-corrected chi connectivity index (χ3v) is 2.73. The molecule has 19 heavy (non-hydrogen) atoms. The van der Waals surface area contributed by atoms with Crippen LogP contribution in [0.15, 0.2) is 24.3 Å². The highest BCUT2D eigenvalue weighted by Crippen LogP contribution is 2.25. The molecule has 0 spiro atoms. The lowest BCUT2D eigenvalue weighted by Crippen LogP contribution is -2.38. The molecule has 2 unspecified atom stereocenters. The van der Waals surface area contributed by atoms with E-state index < -0.39 is 32.4 Å². The van der Waals surface area contributed by atoms with Crippen molar-refractivity contribution in [3.8, 4) is 0 Å². The lowest BCUT2D eigenvalue weighted by atomic mass is 10.0. The van der Waals surface area contributed by atoms with E-state index in [0.29, 0.717) is 0 Å². The summed E-state index contributed by atoms with van der Waals surface area (Å²) in [6, 6.07) is 5.83. The van der Waals surface area contributed by atoms with Crippen molar-refractivity contribution >= 4 is 19.3 Å². The third kappa shape index (κ3) is 4.71. The van der Waals surface area contributed by atoms with Crippen LogP contribution in [-0.4, -0.2) is 34.8 Å². The van der Waals surface area contributed by atoms with Crippen molar-refractivity contribution in [2.45, 2.75) is 12.2 Å². The van der Waals surface area contributed by atoms with E-state index in [4.69, 9.17) is 5.73 Å². The Balaban J connectivity index is 2.72. The number of aliphatic hydroxyl groups excluding tert-OH is 2. The van der Waals surface area contributed by atoms with E-state index in [0.717, 1.165) is 0 Å². The zero-order valence-corrected chi connectivity index (χ0v) is 10.5. The molecule has 0 aliphatic carbocycles. The Bertz CT molecular complexity index is 500. The number of nitrogens with two attached hydrogens (primary N) is 1. The molecule has 0 radical (unpaired) electrons. The molecule has 1 aromatic carbocycles. The number of rotatable bonds is 6. The summed E-state index contributed by atoms with van der Waals surface area (Å²) in [5.74, 6) is -0.902. The Morgan fingerprint density at radius 2 is 1.95 bits per heavy atom. The van der Waals surface area contributed by atoms with Gasteiger partial charge in [-0.3, -0.25) is 4.79 Å². The minimum atomic E-state index is -5.28. The van der Waals surface area contributed by atoms with Crippen molar-refractivity contribution in [2.75, 3.05) is 12.3 Å². The molecule has 0 aromatic heterocycles. The fourth-order valence-corrected chi connectivity index (χ4v) is 1.65. The molecule has 0 saturated carbocycles. The van der Waals surface area contributed by atoms with E-state index in [-0.39, 0.29) is 11.3 Å². The van der Waals surface area contributed by atoms with E-state index >= 15 is 0 Å². The van der Waals surface area contributed by atoms with Crippen molar-refractivity contribution < 1.29 is 33.9 Å². The number of benzene rings is 1. The fourth-order valence-electron chi connectivity index (χ4n) is 1.31.